The van der Waals surface area contributed by atoms with Gasteiger partial charge in [0.1, 0.15) is 11.9 Å². The number of halogens is 3. The molecule has 0 radical (unpaired) electrons. The van der Waals surface area contributed by atoms with Crippen molar-refractivity contribution in [2.24, 2.45) is 0 Å². The minimum Gasteiger partial charge on any atom is -0.494 e. The fourth-order valence-corrected chi connectivity index (χ4v) is 2.94. The average Bonchev–Trinajstić information content (AvgIpc) is 2.42. The summed E-state index contributed by atoms with van der Waals surface area (Å²) in [6.45, 7) is 2.54. The molecule has 0 fully saturated rings. The van der Waals surface area contributed by atoms with Gasteiger partial charge in [0.2, 0.25) is 0 Å². The van der Waals surface area contributed by atoms with Crippen LogP contribution in [0.3, 0.4) is 0 Å². The normalized spacial score (nSPS) is 12.2. The van der Waals surface area contributed by atoms with Crippen molar-refractivity contribution >= 4 is 43.5 Å². The van der Waals surface area contributed by atoms with E-state index in [1.807, 2.05) is 31.2 Å². The van der Waals surface area contributed by atoms with Crippen molar-refractivity contribution in [2.75, 3.05) is 6.61 Å². The van der Waals surface area contributed by atoms with E-state index in [0.29, 0.717) is 11.6 Å². The maximum Gasteiger partial charge on any atom is 0.120 e. The summed E-state index contributed by atoms with van der Waals surface area (Å²) < 4.78 is 6.99. The third kappa shape index (κ3) is 3.55. The number of hydrogen-bond acceptors (Lipinski definition) is 2. The van der Waals surface area contributed by atoms with Crippen molar-refractivity contribution in [1.82, 2.24) is 0 Å². The predicted molar refractivity (Wildman–Crippen MR) is 88.5 cm³/mol. The second kappa shape index (κ2) is 6.94. The van der Waals surface area contributed by atoms with Crippen LogP contribution >= 0.6 is 43.5 Å². The Labute approximate surface area is 140 Å². The molecular formula is C15H13Br2ClO2. The summed E-state index contributed by atoms with van der Waals surface area (Å²) in [5.41, 5.74) is 1.55. The number of aliphatic hydroxyl groups is 1. The molecule has 0 aliphatic heterocycles. The lowest BCUT2D eigenvalue weighted by atomic mass is 10.0. The first-order chi connectivity index (χ1) is 9.52. The zero-order valence-corrected chi connectivity index (χ0v) is 14.7. The molecule has 2 nitrogen and oxygen atoms in total. The standard InChI is InChI=1S/C15H13Br2ClO2/c1-2-20-10-4-5-11(12(16)8-10)15(19)9-3-6-14(18)13(17)7-9/h3-8,15,19H,2H2,1H3. The van der Waals surface area contributed by atoms with Crippen LogP contribution in [-0.2, 0) is 0 Å². The van der Waals surface area contributed by atoms with Gasteiger partial charge in [-0.15, -0.1) is 0 Å². The lowest BCUT2D eigenvalue weighted by Crippen LogP contribution is -2.01. The van der Waals surface area contributed by atoms with Crippen molar-refractivity contribution in [1.29, 1.82) is 0 Å². The molecule has 0 amide bonds. The molecule has 1 atom stereocenters. The van der Waals surface area contributed by atoms with Crippen LogP contribution < -0.4 is 4.74 Å². The lowest BCUT2D eigenvalue weighted by molar-refractivity contribution is 0.219. The maximum atomic E-state index is 10.5. The predicted octanol–water partition coefficient (Wildman–Crippen LogP) is 5.35. The van der Waals surface area contributed by atoms with Crippen molar-refractivity contribution in [2.45, 2.75) is 13.0 Å². The second-order valence-corrected chi connectivity index (χ2v) is 6.31. The Kier molecular flexibility index (Phi) is 5.49. The molecule has 0 heterocycles. The minimum absolute atomic E-state index is 0.610. The third-order valence-corrected chi connectivity index (χ3v) is 4.74. The molecule has 0 aliphatic rings. The Morgan fingerprint density at radius 1 is 1.15 bits per heavy atom. The molecule has 2 aromatic rings. The molecule has 0 aromatic heterocycles. The fourth-order valence-electron chi connectivity index (χ4n) is 1.85. The first kappa shape index (κ1) is 15.8. The van der Waals surface area contributed by atoms with Crippen LogP contribution in [0.5, 0.6) is 5.75 Å². The molecule has 1 N–H and O–H groups in total. The Hall–Kier alpha value is -0.550. The Morgan fingerprint density at radius 3 is 2.50 bits per heavy atom. The van der Waals surface area contributed by atoms with Crippen LogP contribution in [0.25, 0.3) is 0 Å². The molecule has 2 aromatic carbocycles. The molecule has 106 valence electrons. The molecule has 5 heteroatoms. The summed E-state index contributed by atoms with van der Waals surface area (Å²) >= 11 is 12.8. The van der Waals surface area contributed by atoms with Gasteiger partial charge in [0.05, 0.1) is 11.6 Å². The van der Waals surface area contributed by atoms with E-state index in [4.69, 9.17) is 16.3 Å². The topological polar surface area (TPSA) is 29.5 Å². The van der Waals surface area contributed by atoms with Gasteiger partial charge in [0, 0.05) is 8.95 Å². The van der Waals surface area contributed by atoms with E-state index in [2.05, 4.69) is 31.9 Å². The maximum absolute atomic E-state index is 10.5. The lowest BCUT2D eigenvalue weighted by Gasteiger charge is -2.15. The van der Waals surface area contributed by atoms with Gasteiger partial charge in [-0.25, -0.2) is 0 Å². The highest BCUT2D eigenvalue weighted by Gasteiger charge is 2.15. The van der Waals surface area contributed by atoms with Crippen LogP contribution in [0.1, 0.15) is 24.2 Å². The number of ether oxygens (including phenoxy) is 1. The second-order valence-electron chi connectivity index (χ2n) is 4.19. The molecular weight excluding hydrogens is 407 g/mol. The number of benzene rings is 2. The molecule has 0 bridgehead atoms. The number of hydrogen-bond donors (Lipinski definition) is 1. The summed E-state index contributed by atoms with van der Waals surface area (Å²) in [4.78, 5) is 0. The molecule has 0 saturated carbocycles. The highest BCUT2D eigenvalue weighted by atomic mass is 79.9. The molecule has 20 heavy (non-hydrogen) atoms. The van der Waals surface area contributed by atoms with Crippen LogP contribution in [0.2, 0.25) is 5.02 Å². The average molecular weight is 421 g/mol. The molecule has 1 unspecified atom stereocenters. The molecule has 0 saturated heterocycles. The molecule has 2 rings (SSSR count). The van der Waals surface area contributed by atoms with E-state index < -0.39 is 6.10 Å². The number of aliphatic hydroxyl groups excluding tert-OH is 1. The summed E-state index contributed by atoms with van der Waals surface area (Å²) in [7, 11) is 0. The van der Waals surface area contributed by atoms with Gasteiger partial charge >= 0.3 is 0 Å². The van der Waals surface area contributed by atoms with Crippen molar-refractivity contribution in [3.05, 3.63) is 61.5 Å². The highest BCUT2D eigenvalue weighted by Crippen LogP contribution is 2.33. The van der Waals surface area contributed by atoms with Gasteiger partial charge in [-0.1, -0.05) is 39.7 Å². The van der Waals surface area contributed by atoms with Gasteiger partial charge in [-0.2, -0.15) is 0 Å². The SMILES string of the molecule is CCOc1ccc(C(O)c2ccc(Cl)c(Br)c2)c(Br)c1. The molecule has 0 aliphatic carbocycles. The molecule has 0 spiro atoms. The Bertz CT molecular complexity index is 617. The van der Waals surface area contributed by atoms with Crippen LogP contribution in [0.4, 0.5) is 0 Å². The Morgan fingerprint density at radius 2 is 1.90 bits per heavy atom. The summed E-state index contributed by atoms with van der Waals surface area (Å²) in [6.07, 6.45) is -0.728. The summed E-state index contributed by atoms with van der Waals surface area (Å²) in [5.74, 6) is 0.771. The first-order valence-electron chi connectivity index (χ1n) is 6.08. The van der Waals surface area contributed by atoms with Crippen LogP contribution in [0, 0.1) is 0 Å². The van der Waals surface area contributed by atoms with Crippen molar-refractivity contribution in [3.8, 4) is 5.75 Å². The van der Waals surface area contributed by atoms with E-state index in [9.17, 15) is 5.11 Å². The minimum atomic E-state index is -0.728. The van der Waals surface area contributed by atoms with E-state index in [0.717, 1.165) is 25.8 Å². The van der Waals surface area contributed by atoms with Crippen molar-refractivity contribution in [3.63, 3.8) is 0 Å². The summed E-state index contributed by atoms with van der Waals surface area (Å²) in [6, 6.07) is 10.9. The van der Waals surface area contributed by atoms with Gasteiger partial charge in [0.15, 0.2) is 0 Å². The van der Waals surface area contributed by atoms with Gasteiger partial charge in [0.25, 0.3) is 0 Å². The quantitative estimate of drug-likeness (QED) is 0.723. The Balaban J connectivity index is 2.32. The zero-order valence-electron chi connectivity index (χ0n) is 10.7. The zero-order chi connectivity index (χ0) is 14.7. The highest BCUT2D eigenvalue weighted by molar-refractivity contribution is 9.10. The van der Waals surface area contributed by atoms with Gasteiger partial charge in [-0.05, 0) is 58.2 Å². The first-order valence-corrected chi connectivity index (χ1v) is 8.04. The monoisotopic (exact) mass is 418 g/mol. The van der Waals surface area contributed by atoms with E-state index in [1.54, 1.807) is 12.1 Å². The van der Waals surface area contributed by atoms with E-state index >= 15 is 0 Å². The van der Waals surface area contributed by atoms with Gasteiger partial charge < -0.3 is 9.84 Å². The fraction of sp³-hybridized carbons (Fsp3) is 0.200. The van der Waals surface area contributed by atoms with E-state index in [1.165, 1.54) is 0 Å². The van der Waals surface area contributed by atoms with Crippen LogP contribution in [-0.4, -0.2) is 11.7 Å². The van der Waals surface area contributed by atoms with Crippen LogP contribution in [0.15, 0.2) is 45.3 Å². The van der Waals surface area contributed by atoms with Crippen molar-refractivity contribution < 1.29 is 9.84 Å². The summed E-state index contributed by atoms with van der Waals surface area (Å²) in [5, 5.41) is 11.1. The smallest absolute Gasteiger partial charge is 0.120 e. The largest absolute Gasteiger partial charge is 0.494 e. The van der Waals surface area contributed by atoms with Gasteiger partial charge in [-0.3, -0.25) is 0 Å². The van der Waals surface area contributed by atoms with E-state index in [-0.39, 0.29) is 0 Å². The third-order valence-electron chi connectivity index (χ3n) is 2.84. The number of rotatable bonds is 4.